The number of carbonyl (C=O) groups excluding carboxylic acids is 1. The van der Waals surface area contributed by atoms with Gasteiger partial charge in [-0.15, -0.1) is 0 Å². The Morgan fingerprint density at radius 2 is 2.30 bits per heavy atom. The van der Waals surface area contributed by atoms with Gasteiger partial charge in [0.05, 0.1) is 17.4 Å². The van der Waals surface area contributed by atoms with Crippen LogP contribution in [0.3, 0.4) is 0 Å². The molecule has 0 saturated carbocycles. The van der Waals surface area contributed by atoms with Crippen molar-refractivity contribution < 1.29 is 19.6 Å². The van der Waals surface area contributed by atoms with Crippen molar-refractivity contribution in [1.29, 1.82) is 0 Å². The predicted molar refractivity (Wildman–Crippen MR) is 68.0 cm³/mol. The second-order valence-electron chi connectivity index (χ2n) is 4.23. The van der Waals surface area contributed by atoms with Crippen LogP contribution in [0, 0.1) is 10.1 Å². The summed E-state index contributed by atoms with van der Waals surface area (Å²) in [5.74, 6) is -2.01. The number of hydrogen-bond acceptors (Lipinski definition) is 5. The van der Waals surface area contributed by atoms with Gasteiger partial charge in [0, 0.05) is 0 Å². The fraction of sp³-hybridized carbons (Fsp3) is 0.545. The fourth-order valence-electron chi connectivity index (χ4n) is 1.59. The average molecular weight is 284 g/mol. The zero-order valence-corrected chi connectivity index (χ0v) is 11.0. The third kappa shape index (κ3) is 4.67. The quantitative estimate of drug-likeness (QED) is 0.530. The number of rotatable bonds is 8. The Bertz CT molecular complexity index is 499. The van der Waals surface area contributed by atoms with Crippen LogP contribution < -0.4 is 5.32 Å². The number of nitrogens with one attached hydrogen (secondary N) is 1. The van der Waals surface area contributed by atoms with Gasteiger partial charge >= 0.3 is 11.8 Å². The number of aliphatic carboxylic acids is 1. The van der Waals surface area contributed by atoms with Gasteiger partial charge in [-0.05, 0) is 11.3 Å². The molecule has 0 aliphatic heterocycles. The molecule has 1 heterocycles. The molecule has 0 spiro atoms. The number of nitrogens with zero attached hydrogens (tertiary/aromatic N) is 3. The van der Waals surface area contributed by atoms with Crippen molar-refractivity contribution in [2.75, 3.05) is 0 Å². The van der Waals surface area contributed by atoms with E-state index in [0.29, 0.717) is 12.8 Å². The first-order chi connectivity index (χ1) is 9.43. The number of aromatic nitrogens is 2. The van der Waals surface area contributed by atoms with E-state index in [-0.39, 0.29) is 12.4 Å². The number of carboxylic acids is 1. The van der Waals surface area contributed by atoms with Gasteiger partial charge in [-0.25, -0.2) is 4.79 Å². The minimum atomic E-state index is -1.10. The molecule has 20 heavy (non-hydrogen) atoms. The van der Waals surface area contributed by atoms with Crippen LogP contribution in [0.15, 0.2) is 12.3 Å². The SMILES string of the molecule is CCCCC(NC(=O)Cn1ccc([N+](=O)[O-])n1)C(=O)O. The smallest absolute Gasteiger partial charge is 0.389 e. The van der Waals surface area contributed by atoms with Crippen LogP contribution in [0.2, 0.25) is 0 Å². The third-order valence-electron chi connectivity index (χ3n) is 2.60. The summed E-state index contributed by atoms with van der Waals surface area (Å²) >= 11 is 0. The summed E-state index contributed by atoms with van der Waals surface area (Å²) in [6.45, 7) is 1.66. The van der Waals surface area contributed by atoms with E-state index >= 15 is 0 Å². The maximum absolute atomic E-state index is 11.7. The van der Waals surface area contributed by atoms with Crippen LogP contribution >= 0.6 is 0 Å². The van der Waals surface area contributed by atoms with Crippen molar-refractivity contribution in [3.8, 4) is 0 Å². The molecule has 9 nitrogen and oxygen atoms in total. The minimum absolute atomic E-state index is 0.260. The van der Waals surface area contributed by atoms with Crippen molar-refractivity contribution in [1.82, 2.24) is 15.1 Å². The van der Waals surface area contributed by atoms with Crippen LogP contribution in [-0.2, 0) is 16.1 Å². The maximum atomic E-state index is 11.7. The highest BCUT2D eigenvalue weighted by molar-refractivity contribution is 5.83. The zero-order valence-electron chi connectivity index (χ0n) is 11.0. The Morgan fingerprint density at radius 3 is 2.80 bits per heavy atom. The molecule has 1 unspecified atom stereocenters. The second-order valence-corrected chi connectivity index (χ2v) is 4.23. The van der Waals surface area contributed by atoms with E-state index in [1.54, 1.807) is 0 Å². The lowest BCUT2D eigenvalue weighted by Gasteiger charge is -2.13. The monoisotopic (exact) mass is 284 g/mol. The van der Waals surface area contributed by atoms with Gasteiger partial charge in [0.15, 0.2) is 0 Å². The molecule has 1 amide bonds. The van der Waals surface area contributed by atoms with Gasteiger partial charge in [-0.1, -0.05) is 19.8 Å². The lowest BCUT2D eigenvalue weighted by molar-refractivity contribution is -0.389. The molecule has 0 saturated heterocycles. The molecule has 0 radical (unpaired) electrons. The van der Waals surface area contributed by atoms with Gasteiger partial charge in [0.1, 0.15) is 12.6 Å². The molecule has 1 aromatic heterocycles. The molecule has 0 aliphatic rings. The molecule has 1 atom stereocenters. The Labute approximate surface area is 114 Å². The predicted octanol–water partition coefficient (Wildman–Crippen LogP) is 0.551. The highest BCUT2D eigenvalue weighted by Gasteiger charge is 2.20. The van der Waals surface area contributed by atoms with E-state index in [1.165, 1.54) is 12.3 Å². The summed E-state index contributed by atoms with van der Waals surface area (Å²) < 4.78 is 1.09. The average Bonchev–Trinajstić information content (AvgIpc) is 2.82. The van der Waals surface area contributed by atoms with Crippen molar-refractivity contribution in [2.45, 2.75) is 38.8 Å². The molecule has 110 valence electrons. The molecule has 0 bridgehead atoms. The van der Waals surface area contributed by atoms with Gasteiger partial charge in [-0.2, -0.15) is 4.68 Å². The van der Waals surface area contributed by atoms with Crippen LogP contribution in [0.5, 0.6) is 0 Å². The van der Waals surface area contributed by atoms with Gasteiger partial charge in [0.2, 0.25) is 5.91 Å². The van der Waals surface area contributed by atoms with Crippen LogP contribution in [0.1, 0.15) is 26.2 Å². The highest BCUT2D eigenvalue weighted by atomic mass is 16.6. The highest BCUT2D eigenvalue weighted by Crippen LogP contribution is 2.05. The molecule has 1 rings (SSSR count). The van der Waals surface area contributed by atoms with E-state index in [1.807, 2.05) is 6.92 Å². The van der Waals surface area contributed by atoms with Crippen molar-refractivity contribution >= 4 is 17.7 Å². The van der Waals surface area contributed by atoms with Crippen molar-refractivity contribution in [3.05, 3.63) is 22.4 Å². The molecule has 9 heteroatoms. The van der Waals surface area contributed by atoms with E-state index in [4.69, 9.17) is 5.11 Å². The summed E-state index contributed by atoms with van der Waals surface area (Å²) in [7, 11) is 0. The van der Waals surface area contributed by atoms with Crippen LogP contribution in [-0.4, -0.2) is 37.7 Å². The first-order valence-corrected chi connectivity index (χ1v) is 6.14. The van der Waals surface area contributed by atoms with E-state index in [9.17, 15) is 19.7 Å². The lowest BCUT2D eigenvalue weighted by atomic mass is 10.1. The molecule has 0 aliphatic carbocycles. The fourth-order valence-corrected chi connectivity index (χ4v) is 1.59. The Morgan fingerprint density at radius 1 is 1.60 bits per heavy atom. The molecular formula is C11H16N4O5. The Balaban J connectivity index is 2.56. The molecule has 2 N–H and O–H groups in total. The number of nitro groups is 1. The lowest BCUT2D eigenvalue weighted by Crippen LogP contribution is -2.42. The van der Waals surface area contributed by atoms with E-state index in [0.717, 1.165) is 11.1 Å². The number of unbranched alkanes of at least 4 members (excludes halogenated alkanes) is 1. The Kier molecular flexibility index (Phi) is 5.63. The number of amides is 1. The van der Waals surface area contributed by atoms with Crippen LogP contribution in [0.4, 0.5) is 5.82 Å². The van der Waals surface area contributed by atoms with Gasteiger partial charge in [0.25, 0.3) is 0 Å². The second kappa shape index (κ2) is 7.22. The summed E-state index contributed by atoms with van der Waals surface area (Å²) in [6, 6.07) is 0.215. The van der Waals surface area contributed by atoms with E-state index < -0.39 is 22.8 Å². The first kappa shape index (κ1) is 15.6. The van der Waals surface area contributed by atoms with Crippen molar-refractivity contribution in [3.63, 3.8) is 0 Å². The minimum Gasteiger partial charge on any atom is -0.480 e. The number of hydrogen-bond donors (Lipinski definition) is 2. The third-order valence-corrected chi connectivity index (χ3v) is 2.60. The number of carboxylic acid groups (broad SMARTS) is 1. The van der Waals surface area contributed by atoms with Gasteiger partial charge < -0.3 is 20.5 Å². The molecule has 1 aromatic rings. The van der Waals surface area contributed by atoms with Crippen LogP contribution in [0.25, 0.3) is 0 Å². The first-order valence-electron chi connectivity index (χ1n) is 6.14. The zero-order chi connectivity index (χ0) is 15.1. The maximum Gasteiger partial charge on any atom is 0.389 e. The molecular weight excluding hydrogens is 268 g/mol. The normalized spacial score (nSPS) is 11.8. The largest absolute Gasteiger partial charge is 0.480 e. The summed E-state index contributed by atoms with van der Waals surface area (Å²) in [5.41, 5.74) is 0. The standard InChI is InChI=1S/C11H16N4O5/c1-2-3-4-8(11(17)18)12-10(16)7-14-6-5-9(13-14)15(19)20/h5-6,8H,2-4,7H2,1H3,(H,12,16)(H,17,18). The Hall–Kier alpha value is -2.45. The topological polar surface area (TPSA) is 127 Å². The van der Waals surface area contributed by atoms with Gasteiger partial charge in [-0.3, -0.25) is 4.79 Å². The summed E-state index contributed by atoms with van der Waals surface area (Å²) in [6.07, 6.45) is 3.14. The van der Waals surface area contributed by atoms with Crippen molar-refractivity contribution in [2.24, 2.45) is 0 Å². The number of carbonyl (C=O) groups is 2. The van der Waals surface area contributed by atoms with E-state index in [2.05, 4.69) is 10.4 Å². The summed E-state index contributed by atoms with van der Waals surface area (Å²) in [4.78, 5) is 32.4. The summed E-state index contributed by atoms with van der Waals surface area (Å²) in [5, 5.41) is 25.3. The molecule has 0 aromatic carbocycles. The molecule has 0 fully saturated rings.